The third kappa shape index (κ3) is 85.5. The van der Waals surface area contributed by atoms with E-state index in [9.17, 15) is 19.2 Å². The van der Waals surface area contributed by atoms with Gasteiger partial charge in [-0.15, -0.1) is 0 Å². The highest BCUT2D eigenvalue weighted by Crippen LogP contribution is 1.94. The van der Waals surface area contributed by atoms with Gasteiger partial charge in [0.05, 0.1) is 26.2 Å². The summed E-state index contributed by atoms with van der Waals surface area (Å²) in [5.41, 5.74) is 0. The van der Waals surface area contributed by atoms with Crippen LogP contribution in [0.15, 0.2) is 0 Å². The summed E-state index contributed by atoms with van der Waals surface area (Å²) in [6.07, 6.45) is 0. The third-order valence-electron chi connectivity index (χ3n) is 2.17. The van der Waals surface area contributed by atoms with Crippen molar-refractivity contribution in [1.82, 2.24) is 29.4 Å². The lowest BCUT2D eigenvalue weighted by molar-refractivity contribution is -0.145. The minimum absolute atomic E-state index is 0.0703. The van der Waals surface area contributed by atoms with Crippen LogP contribution < -0.4 is 0 Å². The second-order valence-corrected chi connectivity index (χ2v) is 9.36. The van der Waals surface area contributed by atoms with E-state index in [1.807, 2.05) is 104 Å². The number of hydrogen-bond acceptors (Lipinski definition) is 10. The standard InChI is InChI=1S/C10H16N2O8.4C3H9N/c13-7(14)3-11(4-8(15)16)1-2-12(5-9(17)18)6-10(19)20;4*1-4(2)3/h1-6H2,(H,13,14)(H,15,16)(H,17,18)(H,19,20);4*1-3H3. The predicted molar refractivity (Wildman–Crippen MR) is 142 cm³/mol. The molecule has 218 valence electrons. The third-order valence-corrected chi connectivity index (χ3v) is 2.17. The van der Waals surface area contributed by atoms with Gasteiger partial charge < -0.3 is 40.0 Å². The van der Waals surface area contributed by atoms with Gasteiger partial charge in [-0.2, -0.15) is 0 Å². The van der Waals surface area contributed by atoms with Crippen molar-refractivity contribution in [2.45, 2.75) is 0 Å². The maximum Gasteiger partial charge on any atom is 0.317 e. The maximum atomic E-state index is 10.6. The largest absolute Gasteiger partial charge is 0.480 e. The number of carbonyl (C=O) groups is 4. The molecule has 0 aliphatic rings. The molecule has 0 bridgehead atoms. The molecule has 0 aliphatic carbocycles. The first-order chi connectivity index (χ1) is 16.1. The van der Waals surface area contributed by atoms with Crippen LogP contribution in [-0.2, 0) is 19.2 Å². The van der Waals surface area contributed by atoms with Gasteiger partial charge in [-0.1, -0.05) is 0 Å². The Hall–Kier alpha value is -2.36. The van der Waals surface area contributed by atoms with E-state index < -0.39 is 50.1 Å². The average Bonchev–Trinajstić information content (AvgIpc) is 2.55. The van der Waals surface area contributed by atoms with Gasteiger partial charge in [0.2, 0.25) is 0 Å². The smallest absolute Gasteiger partial charge is 0.317 e. The van der Waals surface area contributed by atoms with Crippen LogP contribution in [0.4, 0.5) is 0 Å². The Balaban J connectivity index is -0.000000161. The van der Waals surface area contributed by atoms with Gasteiger partial charge in [0.15, 0.2) is 0 Å². The Labute approximate surface area is 217 Å². The highest BCUT2D eigenvalue weighted by molar-refractivity contribution is 5.73. The lowest BCUT2D eigenvalue weighted by atomic mass is 10.4. The summed E-state index contributed by atoms with van der Waals surface area (Å²) in [7, 11) is 24.0. The number of aliphatic carboxylic acids is 4. The zero-order valence-corrected chi connectivity index (χ0v) is 24.3. The lowest BCUT2D eigenvalue weighted by Gasteiger charge is -2.23. The van der Waals surface area contributed by atoms with E-state index in [2.05, 4.69) is 0 Å². The van der Waals surface area contributed by atoms with E-state index in [-0.39, 0.29) is 13.1 Å². The van der Waals surface area contributed by atoms with Crippen LogP contribution in [0.3, 0.4) is 0 Å². The fourth-order valence-corrected chi connectivity index (χ4v) is 1.48. The van der Waals surface area contributed by atoms with Crippen molar-refractivity contribution in [1.29, 1.82) is 0 Å². The van der Waals surface area contributed by atoms with Crippen LogP contribution in [-0.4, -0.2) is 198 Å². The fourth-order valence-electron chi connectivity index (χ4n) is 1.48. The van der Waals surface area contributed by atoms with E-state index in [1.165, 1.54) is 0 Å². The molecule has 0 aromatic heterocycles. The first-order valence-electron chi connectivity index (χ1n) is 10.9. The molecule has 0 rings (SSSR count). The Morgan fingerprint density at radius 2 is 0.500 bits per heavy atom. The van der Waals surface area contributed by atoms with Gasteiger partial charge >= 0.3 is 23.9 Å². The SMILES string of the molecule is CN(C)C.CN(C)C.CN(C)C.CN(C)C.O=C(O)CN(CCN(CC(=O)O)CC(=O)O)CC(=O)O. The summed E-state index contributed by atoms with van der Waals surface area (Å²) >= 11 is 0. The molecule has 4 N–H and O–H groups in total. The first kappa shape index (κ1) is 43.7. The highest BCUT2D eigenvalue weighted by atomic mass is 16.4. The quantitative estimate of drug-likeness (QED) is 0.248. The normalized spacial score (nSPS) is 9.94. The molecule has 0 atom stereocenters. The maximum absolute atomic E-state index is 10.6. The molecule has 0 aliphatic heterocycles. The van der Waals surface area contributed by atoms with E-state index in [4.69, 9.17) is 20.4 Å². The van der Waals surface area contributed by atoms with Gasteiger partial charge in [0, 0.05) is 13.1 Å². The van der Waals surface area contributed by atoms with Crippen LogP contribution in [0.5, 0.6) is 0 Å². The number of nitrogens with zero attached hydrogens (tertiary/aromatic N) is 6. The van der Waals surface area contributed by atoms with Crippen molar-refractivity contribution in [2.75, 3.05) is 124 Å². The highest BCUT2D eigenvalue weighted by Gasteiger charge is 2.17. The molecular formula is C22H52N6O8. The van der Waals surface area contributed by atoms with Crippen molar-refractivity contribution in [3.05, 3.63) is 0 Å². The van der Waals surface area contributed by atoms with E-state index in [0.717, 1.165) is 9.80 Å². The zero-order valence-electron chi connectivity index (χ0n) is 24.3. The van der Waals surface area contributed by atoms with E-state index in [0.29, 0.717) is 0 Å². The van der Waals surface area contributed by atoms with Crippen LogP contribution in [0, 0.1) is 0 Å². The average molecular weight is 529 g/mol. The Morgan fingerprint density at radius 3 is 0.583 bits per heavy atom. The number of rotatable bonds is 11. The molecule has 0 aromatic carbocycles. The van der Waals surface area contributed by atoms with Crippen molar-refractivity contribution < 1.29 is 39.6 Å². The molecule has 14 nitrogen and oxygen atoms in total. The summed E-state index contributed by atoms with van der Waals surface area (Å²) in [6, 6.07) is 0. The summed E-state index contributed by atoms with van der Waals surface area (Å²) < 4.78 is 0. The van der Waals surface area contributed by atoms with Crippen molar-refractivity contribution in [3.63, 3.8) is 0 Å². The lowest BCUT2D eigenvalue weighted by Crippen LogP contribution is -2.43. The van der Waals surface area contributed by atoms with Crippen molar-refractivity contribution in [3.8, 4) is 0 Å². The molecular weight excluding hydrogens is 476 g/mol. The molecule has 14 heteroatoms. The van der Waals surface area contributed by atoms with Crippen LogP contribution in [0.2, 0.25) is 0 Å². The summed E-state index contributed by atoms with van der Waals surface area (Å²) in [5, 5.41) is 34.5. The Bertz CT molecular complexity index is 458. The molecule has 36 heavy (non-hydrogen) atoms. The first-order valence-corrected chi connectivity index (χ1v) is 10.9. The Morgan fingerprint density at radius 1 is 0.389 bits per heavy atom. The van der Waals surface area contributed by atoms with Gasteiger partial charge in [-0.3, -0.25) is 29.0 Å². The number of carboxylic acids is 4. The van der Waals surface area contributed by atoms with Crippen molar-refractivity contribution in [2.24, 2.45) is 0 Å². The summed E-state index contributed by atoms with van der Waals surface area (Å²) in [5.74, 6) is -4.91. The van der Waals surface area contributed by atoms with Crippen LogP contribution >= 0.6 is 0 Å². The second kappa shape index (κ2) is 28.9. The van der Waals surface area contributed by atoms with Crippen LogP contribution in [0.1, 0.15) is 0 Å². The molecule has 0 saturated heterocycles. The Kier molecular flexibility index (Phi) is 35.0. The second-order valence-electron chi connectivity index (χ2n) is 9.36. The molecule has 0 spiro atoms. The molecule has 0 amide bonds. The molecule has 0 aromatic rings. The monoisotopic (exact) mass is 528 g/mol. The molecule has 0 saturated carbocycles. The molecule has 0 heterocycles. The molecule has 0 fully saturated rings. The summed E-state index contributed by atoms with van der Waals surface area (Å²) in [4.78, 5) is 52.4. The number of hydrogen-bond donors (Lipinski definition) is 4. The fraction of sp³-hybridized carbons (Fsp3) is 0.818. The van der Waals surface area contributed by atoms with E-state index in [1.54, 1.807) is 0 Å². The van der Waals surface area contributed by atoms with Gasteiger partial charge in [-0.05, 0) is 84.6 Å². The molecule has 0 unspecified atom stereocenters. The topological polar surface area (TPSA) is 169 Å². The minimum atomic E-state index is -1.23. The molecule has 0 radical (unpaired) electrons. The minimum Gasteiger partial charge on any atom is -0.480 e. The van der Waals surface area contributed by atoms with Gasteiger partial charge in [-0.25, -0.2) is 0 Å². The van der Waals surface area contributed by atoms with Crippen molar-refractivity contribution >= 4 is 23.9 Å². The van der Waals surface area contributed by atoms with Crippen LogP contribution in [0.25, 0.3) is 0 Å². The van der Waals surface area contributed by atoms with Gasteiger partial charge in [0.1, 0.15) is 0 Å². The number of carboxylic acid groups (broad SMARTS) is 4. The zero-order chi connectivity index (χ0) is 30.0. The van der Waals surface area contributed by atoms with Gasteiger partial charge in [0.25, 0.3) is 0 Å². The summed E-state index contributed by atoms with van der Waals surface area (Å²) in [6.45, 7) is -2.25. The predicted octanol–water partition coefficient (Wildman–Crippen LogP) is -1.36. The van der Waals surface area contributed by atoms with E-state index >= 15 is 0 Å².